The second-order valence-electron chi connectivity index (χ2n) is 6.85. The zero-order valence-corrected chi connectivity index (χ0v) is 16.0. The number of halogens is 2. The van der Waals surface area contributed by atoms with Gasteiger partial charge in [0, 0.05) is 10.6 Å². The lowest BCUT2D eigenvalue weighted by Gasteiger charge is -2.26. The van der Waals surface area contributed by atoms with Gasteiger partial charge in [-0.15, -0.1) is 0 Å². The van der Waals surface area contributed by atoms with Crippen molar-refractivity contribution in [3.63, 3.8) is 0 Å². The summed E-state index contributed by atoms with van der Waals surface area (Å²) in [6.07, 6.45) is 0.422. The first-order valence-electron chi connectivity index (χ1n) is 8.81. The SMILES string of the molecule is CC[C@@]1(c2cccc(Cl)c2)NC(=O)N(C[NH+](C)Cc2ccc(F)cc2)C1=O. The van der Waals surface area contributed by atoms with Crippen molar-refractivity contribution in [2.45, 2.75) is 25.4 Å². The molecule has 2 N–H and O–H groups in total. The van der Waals surface area contributed by atoms with E-state index in [9.17, 15) is 14.0 Å². The van der Waals surface area contributed by atoms with Crippen molar-refractivity contribution in [1.29, 1.82) is 0 Å². The maximum atomic E-state index is 13.1. The Labute approximate surface area is 162 Å². The van der Waals surface area contributed by atoms with Crippen LogP contribution in [0.15, 0.2) is 48.5 Å². The van der Waals surface area contributed by atoms with Crippen molar-refractivity contribution in [3.8, 4) is 0 Å². The number of amides is 3. The quantitative estimate of drug-likeness (QED) is 0.744. The highest BCUT2D eigenvalue weighted by atomic mass is 35.5. The molecule has 0 spiro atoms. The molecule has 27 heavy (non-hydrogen) atoms. The van der Waals surface area contributed by atoms with Gasteiger partial charge in [0.2, 0.25) is 0 Å². The van der Waals surface area contributed by atoms with E-state index in [0.717, 1.165) is 10.5 Å². The van der Waals surface area contributed by atoms with Crippen molar-refractivity contribution in [1.82, 2.24) is 10.2 Å². The van der Waals surface area contributed by atoms with Crippen molar-refractivity contribution < 1.29 is 18.9 Å². The molecule has 1 heterocycles. The van der Waals surface area contributed by atoms with E-state index in [-0.39, 0.29) is 18.4 Å². The molecule has 0 aliphatic carbocycles. The molecule has 5 nitrogen and oxygen atoms in total. The van der Waals surface area contributed by atoms with Gasteiger partial charge in [-0.3, -0.25) is 4.79 Å². The van der Waals surface area contributed by atoms with Crippen LogP contribution in [0.3, 0.4) is 0 Å². The average molecular weight is 391 g/mol. The number of nitrogens with one attached hydrogen (secondary N) is 2. The van der Waals surface area contributed by atoms with E-state index in [4.69, 9.17) is 11.6 Å². The van der Waals surface area contributed by atoms with Crippen molar-refractivity contribution >= 4 is 23.5 Å². The van der Waals surface area contributed by atoms with E-state index in [1.165, 1.54) is 17.0 Å². The summed E-state index contributed by atoms with van der Waals surface area (Å²) in [7, 11) is 1.88. The molecular weight excluding hydrogens is 369 g/mol. The minimum atomic E-state index is -1.10. The lowest BCUT2D eigenvalue weighted by atomic mass is 9.87. The van der Waals surface area contributed by atoms with Crippen LogP contribution < -0.4 is 10.2 Å². The number of imide groups is 1. The number of benzene rings is 2. The summed E-state index contributed by atoms with van der Waals surface area (Å²) >= 11 is 6.08. The molecule has 3 amide bonds. The third-order valence-corrected chi connectivity index (χ3v) is 5.11. The summed E-state index contributed by atoms with van der Waals surface area (Å²) in [5.74, 6) is -0.574. The molecule has 0 radical (unpaired) electrons. The van der Waals surface area contributed by atoms with Crippen LogP contribution in [0.2, 0.25) is 5.02 Å². The molecule has 1 fully saturated rings. The first-order valence-corrected chi connectivity index (χ1v) is 9.19. The van der Waals surface area contributed by atoms with E-state index in [2.05, 4.69) is 5.32 Å². The third kappa shape index (κ3) is 3.82. The maximum absolute atomic E-state index is 13.1. The maximum Gasteiger partial charge on any atom is 0.329 e. The Bertz CT molecular complexity index is 859. The van der Waals surface area contributed by atoms with E-state index in [1.807, 2.05) is 14.0 Å². The van der Waals surface area contributed by atoms with Gasteiger partial charge in [0.25, 0.3) is 5.91 Å². The Morgan fingerprint density at radius 3 is 2.52 bits per heavy atom. The molecule has 1 unspecified atom stereocenters. The molecule has 142 valence electrons. The lowest BCUT2D eigenvalue weighted by Crippen LogP contribution is -3.09. The zero-order chi connectivity index (χ0) is 19.6. The van der Waals surface area contributed by atoms with Gasteiger partial charge in [-0.2, -0.15) is 0 Å². The summed E-state index contributed by atoms with van der Waals surface area (Å²) in [6.45, 7) is 2.63. The number of quaternary nitrogens is 1. The Balaban J connectivity index is 1.77. The van der Waals surface area contributed by atoms with Gasteiger partial charge in [-0.1, -0.05) is 42.8 Å². The molecule has 2 aromatic carbocycles. The number of rotatable bonds is 6. The summed E-state index contributed by atoms with van der Waals surface area (Å²) < 4.78 is 13.0. The van der Waals surface area contributed by atoms with Gasteiger partial charge < -0.3 is 10.2 Å². The lowest BCUT2D eigenvalue weighted by molar-refractivity contribution is -0.901. The van der Waals surface area contributed by atoms with Gasteiger partial charge in [0.1, 0.15) is 17.9 Å². The van der Waals surface area contributed by atoms with Crippen LogP contribution in [0.1, 0.15) is 24.5 Å². The van der Waals surface area contributed by atoms with Gasteiger partial charge in [-0.25, -0.2) is 14.1 Å². The van der Waals surface area contributed by atoms with Gasteiger partial charge in [0.15, 0.2) is 6.67 Å². The van der Waals surface area contributed by atoms with Crippen molar-refractivity contribution in [2.75, 3.05) is 13.7 Å². The Kier molecular flexibility index (Phi) is 5.48. The molecule has 2 atom stereocenters. The van der Waals surface area contributed by atoms with Crippen LogP contribution in [0, 0.1) is 5.82 Å². The van der Waals surface area contributed by atoms with Crippen molar-refractivity contribution in [2.24, 2.45) is 0 Å². The number of carbonyl (C=O) groups excluding carboxylic acids is 2. The minimum Gasteiger partial charge on any atom is -0.319 e. The molecule has 1 aliphatic heterocycles. The molecule has 2 aromatic rings. The Morgan fingerprint density at radius 2 is 1.89 bits per heavy atom. The van der Waals surface area contributed by atoms with Gasteiger partial charge in [-0.05, 0) is 36.2 Å². The fourth-order valence-corrected chi connectivity index (χ4v) is 3.63. The first kappa shape index (κ1) is 19.3. The predicted octanol–water partition coefficient (Wildman–Crippen LogP) is 2.31. The normalized spacial score (nSPS) is 20.7. The van der Waals surface area contributed by atoms with Crippen molar-refractivity contribution in [3.05, 3.63) is 70.5 Å². The fraction of sp³-hybridized carbons (Fsp3) is 0.300. The number of carbonyl (C=O) groups is 2. The van der Waals surface area contributed by atoms with Crippen LogP contribution in [0.25, 0.3) is 0 Å². The van der Waals surface area contributed by atoms with Crippen LogP contribution >= 0.6 is 11.6 Å². The Hall–Kier alpha value is -2.44. The first-order chi connectivity index (χ1) is 12.9. The Morgan fingerprint density at radius 1 is 1.19 bits per heavy atom. The van der Waals surface area contributed by atoms with E-state index >= 15 is 0 Å². The predicted molar refractivity (Wildman–Crippen MR) is 101 cm³/mol. The summed E-state index contributed by atoms with van der Waals surface area (Å²) in [4.78, 5) is 27.9. The highest BCUT2D eigenvalue weighted by Crippen LogP contribution is 2.33. The van der Waals surface area contributed by atoms with E-state index < -0.39 is 11.6 Å². The second-order valence-corrected chi connectivity index (χ2v) is 7.29. The molecule has 1 aliphatic rings. The number of nitrogens with zero attached hydrogens (tertiary/aromatic N) is 1. The zero-order valence-electron chi connectivity index (χ0n) is 15.3. The molecule has 0 bridgehead atoms. The monoisotopic (exact) mass is 390 g/mol. The molecule has 0 saturated carbocycles. The molecule has 7 heteroatoms. The van der Waals surface area contributed by atoms with E-state index in [0.29, 0.717) is 23.6 Å². The fourth-order valence-electron chi connectivity index (χ4n) is 3.44. The highest BCUT2D eigenvalue weighted by molar-refractivity contribution is 6.30. The van der Waals surface area contributed by atoms with Crippen LogP contribution in [-0.4, -0.2) is 30.6 Å². The number of urea groups is 1. The highest BCUT2D eigenvalue weighted by Gasteiger charge is 2.52. The van der Waals surface area contributed by atoms with Crippen LogP contribution in [-0.2, 0) is 16.9 Å². The second kappa shape index (κ2) is 7.66. The van der Waals surface area contributed by atoms with Gasteiger partial charge >= 0.3 is 6.03 Å². The van der Waals surface area contributed by atoms with E-state index in [1.54, 1.807) is 36.4 Å². The summed E-state index contributed by atoms with van der Waals surface area (Å²) in [6, 6.07) is 12.8. The largest absolute Gasteiger partial charge is 0.329 e. The molecule has 1 saturated heterocycles. The smallest absolute Gasteiger partial charge is 0.319 e. The minimum absolute atomic E-state index is 0.213. The van der Waals surface area contributed by atoms with Gasteiger partial charge in [0.05, 0.1) is 7.05 Å². The average Bonchev–Trinajstić information content (AvgIpc) is 2.89. The molecular formula is C20H22ClFN3O2+. The van der Waals surface area contributed by atoms with Crippen LogP contribution in [0.4, 0.5) is 9.18 Å². The molecule has 3 rings (SSSR count). The summed E-state index contributed by atoms with van der Waals surface area (Å²) in [5.41, 5.74) is 0.505. The number of hydrogen-bond donors (Lipinski definition) is 2. The van der Waals surface area contributed by atoms with Crippen LogP contribution in [0.5, 0.6) is 0 Å². The standard InChI is InChI=1S/C20H21ClFN3O2/c1-3-20(15-5-4-6-16(21)11-15)18(26)25(19(27)23-20)13-24(2)12-14-7-9-17(22)10-8-14/h4-11H,3,12-13H2,1-2H3,(H,23,27)/p+1/t20-/m0/s1. The summed E-state index contributed by atoms with van der Waals surface area (Å²) in [5, 5.41) is 3.37. The topological polar surface area (TPSA) is 53.9 Å². The number of hydrogen-bond acceptors (Lipinski definition) is 2. The molecule has 0 aromatic heterocycles. The third-order valence-electron chi connectivity index (χ3n) is 4.87.